The van der Waals surface area contributed by atoms with Crippen molar-refractivity contribution >= 4 is 17.5 Å². The van der Waals surface area contributed by atoms with Crippen LogP contribution in [0.25, 0.3) is 11.3 Å². The maximum Gasteiger partial charge on any atom is 0.273 e. The summed E-state index contributed by atoms with van der Waals surface area (Å²) in [6.07, 6.45) is 0. The minimum atomic E-state index is -0.388. The van der Waals surface area contributed by atoms with Crippen LogP contribution in [0.1, 0.15) is 10.5 Å². The molecule has 0 bridgehead atoms. The van der Waals surface area contributed by atoms with Gasteiger partial charge in [0.05, 0.1) is 6.61 Å². The molecule has 1 aromatic carbocycles. The van der Waals surface area contributed by atoms with Gasteiger partial charge in [-0.05, 0) is 12.1 Å². The van der Waals surface area contributed by atoms with Crippen LogP contribution in [0.4, 0.5) is 0 Å². The number of halogens is 1. The van der Waals surface area contributed by atoms with E-state index in [0.29, 0.717) is 10.8 Å². The van der Waals surface area contributed by atoms with Crippen LogP contribution in [-0.2, 0) is 0 Å². The zero-order valence-electron chi connectivity index (χ0n) is 9.39. The van der Waals surface area contributed by atoms with Crippen molar-refractivity contribution in [1.29, 1.82) is 0 Å². The van der Waals surface area contributed by atoms with Crippen molar-refractivity contribution < 1.29 is 14.4 Å². The Labute approximate surface area is 108 Å². The largest absolute Gasteiger partial charge is 0.395 e. The smallest absolute Gasteiger partial charge is 0.273 e. The van der Waals surface area contributed by atoms with Gasteiger partial charge >= 0.3 is 0 Å². The number of benzene rings is 1. The van der Waals surface area contributed by atoms with E-state index in [0.717, 1.165) is 5.56 Å². The first-order chi connectivity index (χ1) is 8.70. The van der Waals surface area contributed by atoms with Crippen molar-refractivity contribution in [1.82, 2.24) is 10.5 Å². The van der Waals surface area contributed by atoms with Crippen molar-refractivity contribution in [3.05, 3.63) is 41.0 Å². The molecule has 0 aliphatic rings. The van der Waals surface area contributed by atoms with E-state index in [1.54, 1.807) is 18.2 Å². The normalized spacial score (nSPS) is 10.3. The predicted molar refractivity (Wildman–Crippen MR) is 66.4 cm³/mol. The fraction of sp³-hybridized carbons (Fsp3) is 0.167. The molecule has 18 heavy (non-hydrogen) atoms. The number of amides is 1. The molecule has 0 spiro atoms. The first-order valence-corrected chi connectivity index (χ1v) is 5.70. The van der Waals surface area contributed by atoms with E-state index < -0.39 is 0 Å². The van der Waals surface area contributed by atoms with E-state index in [1.807, 2.05) is 6.07 Å². The Morgan fingerprint density at radius 1 is 1.44 bits per heavy atom. The molecule has 2 aromatic rings. The van der Waals surface area contributed by atoms with Crippen molar-refractivity contribution in [2.75, 3.05) is 13.2 Å². The molecule has 1 amide bonds. The minimum absolute atomic E-state index is 0.120. The van der Waals surface area contributed by atoms with Gasteiger partial charge in [-0.15, -0.1) is 0 Å². The van der Waals surface area contributed by atoms with Gasteiger partial charge in [0.2, 0.25) is 0 Å². The monoisotopic (exact) mass is 266 g/mol. The van der Waals surface area contributed by atoms with E-state index in [1.165, 1.54) is 6.07 Å². The van der Waals surface area contributed by atoms with Crippen molar-refractivity contribution in [3.63, 3.8) is 0 Å². The first kappa shape index (κ1) is 12.6. The fourth-order valence-electron chi connectivity index (χ4n) is 1.42. The van der Waals surface area contributed by atoms with Gasteiger partial charge in [0, 0.05) is 23.2 Å². The number of nitrogens with one attached hydrogen (secondary N) is 1. The highest BCUT2D eigenvalue weighted by Crippen LogP contribution is 2.23. The van der Waals surface area contributed by atoms with E-state index >= 15 is 0 Å². The molecule has 0 unspecified atom stereocenters. The third kappa shape index (κ3) is 2.88. The van der Waals surface area contributed by atoms with Crippen LogP contribution in [0.2, 0.25) is 5.02 Å². The molecule has 0 radical (unpaired) electrons. The molecule has 0 saturated heterocycles. The number of hydrogen-bond donors (Lipinski definition) is 2. The Morgan fingerprint density at radius 3 is 3.00 bits per heavy atom. The summed E-state index contributed by atoms with van der Waals surface area (Å²) in [5, 5.41) is 15.3. The van der Waals surface area contributed by atoms with Gasteiger partial charge in [-0.25, -0.2) is 0 Å². The van der Waals surface area contributed by atoms with Gasteiger partial charge in [-0.1, -0.05) is 28.9 Å². The lowest BCUT2D eigenvalue weighted by atomic mass is 10.1. The molecule has 1 heterocycles. The molecule has 2 rings (SSSR count). The Hall–Kier alpha value is -1.85. The second-order valence-electron chi connectivity index (χ2n) is 3.57. The van der Waals surface area contributed by atoms with Crippen LogP contribution >= 0.6 is 11.6 Å². The Bertz CT molecular complexity index is 554. The molecule has 2 N–H and O–H groups in total. The molecule has 0 aliphatic carbocycles. The van der Waals surface area contributed by atoms with Gasteiger partial charge in [0.15, 0.2) is 11.5 Å². The zero-order valence-corrected chi connectivity index (χ0v) is 10.1. The van der Waals surface area contributed by atoms with E-state index in [9.17, 15) is 4.79 Å². The number of hydrogen-bond acceptors (Lipinski definition) is 4. The number of aliphatic hydroxyl groups excluding tert-OH is 1. The van der Waals surface area contributed by atoms with Crippen LogP contribution in [-0.4, -0.2) is 29.3 Å². The number of aliphatic hydroxyl groups is 1. The second-order valence-corrected chi connectivity index (χ2v) is 4.00. The predicted octanol–water partition coefficient (Wildman–Crippen LogP) is 1.72. The number of aromatic nitrogens is 1. The summed E-state index contributed by atoms with van der Waals surface area (Å²) in [6, 6.07) is 8.58. The topological polar surface area (TPSA) is 75.4 Å². The summed E-state index contributed by atoms with van der Waals surface area (Å²) in [4.78, 5) is 11.5. The summed E-state index contributed by atoms with van der Waals surface area (Å²) in [6.45, 7) is 0.0585. The SMILES string of the molecule is O=C(NCCO)c1cc(-c2cccc(Cl)c2)on1. The van der Waals surface area contributed by atoms with E-state index in [4.69, 9.17) is 21.2 Å². The summed E-state index contributed by atoms with van der Waals surface area (Å²) in [7, 11) is 0. The van der Waals surface area contributed by atoms with E-state index in [2.05, 4.69) is 10.5 Å². The van der Waals surface area contributed by atoms with Crippen molar-refractivity contribution in [2.24, 2.45) is 0 Å². The average molecular weight is 267 g/mol. The molecule has 1 aromatic heterocycles. The maximum atomic E-state index is 11.5. The van der Waals surface area contributed by atoms with Gasteiger partial charge < -0.3 is 14.9 Å². The number of carbonyl (C=O) groups excluding carboxylic acids is 1. The number of carbonyl (C=O) groups is 1. The third-order valence-electron chi connectivity index (χ3n) is 2.25. The summed E-state index contributed by atoms with van der Waals surface area (Å²) < 4.78 is 5.07. The zero-order chi connectivity index (χ0) is 13.0. The number of nitrogens with zero attached hydrogens (tertiary/aromatic N) is 1. The lowest BCUT2D eigenvalue weighted by molar-refractivity contribution is 0.0936. The standard InChI is InChI=1S/C12H11ClN2O3/c13-9-3-1-2-8(6-9)11-7-10(15-18-11)12(17)14-4-5-16/h1-3,6-7,16H,4-5H2,(H,14,17). The molecular formula is C12H11ClN2O3. The minimum Gasteiger partial charge on any atom is -0.395 e. The molecule has 94 valence electrons. The van der Waals surface area contributed by atoms with Crippen LogP contribution in [0, 0.1) is 0 Å². The van der Waals surface area contributed by atoms with Gasteiger partial charge in [-0.3, -0.25) is 4.79 Å². The second kappa shape index (κ2) is 5.66. The molecule has 6 heteroatoms. The average Bonchev–Trinajstić information content (AvgIpc) is 2.85. The molecule has 0 atom stereocenters. The molecular weight excluding hydrogens is 256 g/mol. The Balaban J connectivity index is 2.17. The highest BCUT2D eigenvalue weighted by molar-refractivity contribution is 6.30. The van der Waals surface area contributed by atoms with Gasteiger partial charge in [0.1, 0.15) is 0 Å². The lowest BCUT2D eigenvalue weighted by Gasteiger charge is -1.97. The highest BCUT2D eigenvalue weighted by Gasteiger charge is 2.13. The molecule has 5 nitrogen and oxygen atoms in total. The quantitative estimate of drug-likeness (QED) is 0.883. The van der Waals surface area contributed by atoms with Crippen LogP contribution < -0.4 is 5.32 Å². The van der Waals surface area contributed by atoms with Crippen LogP contribution in [0.5, 0.6) is 0 Å². The first-order valence-electron chi connectivity index (χ1n) is 5.32. The fourth-order valence-corrected chi connectivity index (χ4v) is 1.61. The van der Waals surface area contributed by atoms with Gasteiger partial charge in [-0.2, -0.15) is 0 Å². The Morgan fingerprint density at radius 2 is 2.28 bits per heavy atom. The lowest BCUT2D eigenvalue weighted by Crippen LogP contribution is -2.26. The Kier molecular flexibility index (Phi) is 3.96. The summed E-state index contributed by atoms with van der Waals surface area (Å²) >= 11 is 5.86. The third-order valence-corrected chi connectivity index (χ3v) is 2.48. The van der Waals surface area contributed by atoms with Crippen molar-refractivity contribution in [3.8, 4) is 11.3 Å². The molecule has 0 fully saturated rings. The van der Waals surface area contributed by atoms with Gasteiger partial charge in [0.25, 0.3) is 5.91 Å². The van der Waals surface area contributed by atoms with Crippen molar-refractivity contribution in [2.45, 2.75) is 0 Å². The molecule has 0 saturated carbocycles. The summed E-state index contributed by atoms with van der Waals surface area (Å²) in [5.74, 6) is 0.0766. The molecule has 0 aliphatic heterocycles. The van der Waals surface area contributed by atoms with Crippen LogP contribution in [0.15, 0.2) is 34.9 Å². The maximum absolute atomic E-state index is 11.5. The van der Waals surface area contributed by atoms with Crippen LogP contribution in [0.3, 0.4) is 0 Å². The highest BCUT2D eigenvalue weighted by atomic mass is 35.5. The number of rotatable bonds is 4. The van der Waals surface area contributed by atoms with E-state index in [-0.39, 0.29) is 24.8 Å². The summed E-state index contributed by atoms with van der Waals surface area (Å²) in [5.41, 5.74) is 0.912.